The lowest BCUT2D eigenvalue weighted by molar-refractivity contribution is -0.137. The maximum Gasteiger partial charge on any atom is 0.416 e. The first-order valence-corrected chi connectivity index (χ1v) is 5.14. The molecular weight excluding hydrogens is 243 g/mol. The van der Waals surface area contributed by atoms with E-state index in [1.807, 2.05) is 0 Å². The molecule has 2 aromatic rings. The third-order valence-electron chi connectivity index (χ3n) is 2.42. The molecule has 6 heteroatoms. The zero-order valence-corrected chi connectivity index (χ0v) is 9.35. The molecular formula is C12H10F3N3. The number of nitrogens with zero attached hydrogens (tertiary/aromatic N) is 3. The highest BCUT2D eigenvalue weighted by molar-refractivity contribution is 5.63. The number of aromatic nitrogens is 3. The molecule has 0 aliphatic heterocycles. The summed E-state index contributed by atoms with van der Waals surface area (Å²) in [6.07, 6.45) is -1.50. The second-order valence-corrected chi connectivity index (χ2v) is 3.78. The quantitative estimate of drug-likeness (QED) is 0.841. The van der Waals surface area contributed by atoms with Gasteiger partial charge in [-0.2, -0.15) is 18.3 Å². The molecule has 0 aliphatic carbocycles. The Morgan fingerprint density at radius 3 is 2.72 bits per heavy atom. The highest BCUT2D eigenvalue weighted by Gasteiger charge is 2.30. The minimum Gasteiger partial charge on any atom is -0.249 e. The second kappa shape index (κ2) is 4.64. The molecule has 0 saturated carbocycles. The number of halogens is 3. The normalized spacial score (nSPS) is 11.5. The number of benzene rings is 1. The van der Waals surface area contributed by atoms with Gasteiger partial charge in [-0.3, -0.25) is 0 Å². The molecule has 0 aliphatic rings. The van der Waals surface area contributed by atoms with Gasteiger partial charge < -0.3 is 0 Å². The van der Waals surface area contributed by atoms with E-state index in [1.165, 1.54) is 23.4 Å². The van der Waals surface area contributed by atoms with Crippen molar-refractivity contribution in [2.24, 2.45) is 0 Å². The van der Waals surface area contributed by atoms with E-state index in [0.717, 1.165) is 12.1 Å². The van der Waals surface area contributed by atoms with Crippen LogP contribution in [0.2, 0.25) is 0 Å². The molecule has 3 nitrogen and oxygen atoms in total. The standard InChI is InChI=1S/C12H10F3N3/c1-9(6-18-8-16-7-17-18)10-3-2-4-11(5-10)12(13,14)15/h2-5,7-8H,1,6H2. The molecule has 1 heterocycles. The maximum atomic E-state index is 12.6. The first-order chi connectivity index (χ1) is 8.47. The van der Waals surface area contributed by atoms with Crippen LogP contribution in [0.5, 0.6) is 0 Å². The highest BCUT2D eigenvalue weighted by Crippen LogP contribution is 2.30. The van der Waals surface area contributed by atoms with E-state index in [9.17, 15) is 13.2 Å². The van der Waals surface area contributed by atoms with Crippen molar-refractivity contribution in [3.63, 3.8) is 0 Å². The van der Waals surface area contributed by atoms with E-state index in [1.54, 1.807) is 6.07 Å². The molecule has 0 N–H and O–H groups in total. The van der Waals surface area contributed by atoms with Gasteiger partial charge in [0, 0.05) is 0 Å². The van der Waals surface area contributed by atoms with Crippen LogP contribution in [-0.4, -0.2) is 14.8 Å². The average molecular weight is 253 g/mol. The Hall–Kier alpha value is -2.11. The lowest BCUT2D eigenvalue weighted by Crippen LogP contribution is -2.06. The number of hydrogen-bond acceptors (Lipinski definition) is 2. The van der Waals surface area contributed by atoms with E-state index in [0.29, 0.717) is 17.7 Å². The van der Waals surface area contributed by atoms with Gasteiger partial charge in [0.15, 0.2) is 0 Å². The largest absolute Gasteiger partial charge is 0.416 e. The topological polar surface area (TPSA) is 30.7 Å². The van der Waals surface area contributed by atoms with Crippen molar-refractivity contribution >= 4 is 5.57 Å². The van der Waals surface area contributed by atoms with Crippen molar-refractivity contribution in [2.45, 2.75) is 12.7 Å². The number of rotatable bonds is 3. The summed E-state index contributed by atoms with van der Waals surface area (Å²) in [7, 11) is 0. The van der Waals surface area contributed by atoms with E-state index in [2.05, 4.69) is 16.7 Å². The smallest absolute Gasteiger partial charge is 0.249 e. The SMILES string of the molecule is C=C(Cn1cncn1)c1cccc(C(F)(F)F)c1. The molecule has 0 atom stereocenters. The predicted octanol–water partition coefficient (Wildman–Crippen LogP) is 3.01. The Balaban J connectivity index is 2.21. The molecule has 0 bridgehead atoms. The fraction of sp³-hybridized carbons (Fsp3) is 0.167. The zero-order valence-electron chi connectivity index (χ0n) is 9.35. The third kappa shape index (κ3) is 2.77. The minimum atomic E-state index is -4.34. The molecule has 2 rings (SSSR count). The Kier molecular flexibility index (Phi) is 3.18. The van der Waals surface area contributed by atoms with E-state index < -0.39 is 11.7 Å². The van der Waals surface area contributed by atoms with E-state index in [-0.39, 0.29) is 0 Å². The van der Waals surface area contributed by atoms with Crippen LogP contribution in [0.4, 0.5) is 13.2 Å². The lowest BCUT2D eigenvalue weighted by Gasteiger charge is -2.10. The molecule has 0 spiro atoms. The van der Waals surface area contributed by atoms with Crippen molar-refractivity contribution in [3.8, 4) is 0 Å². The number of hydrogen-bond donors (Lipinski definition) is 0. The Morgan fingerprint density at radius 2 is 2.11 bits per heavy atom. The van der Waals surface area contributed by atoms with E-state index in [4.69, 9.17) is 0 Å². The van der Waals surface area contributed by atoms with Gasteiger partial charge in [0.25, 0.3) is 0 Å². The minimum absolute atomic E-state index is 0.307. The first-order valence-electron chi connectivity index (χ1n) is 5.14. The highest BCUT2D eigenvalue weighted by atomic mass is 19.4. The Morgan fingerprint density at radius 1 is 1.33 bits per heavy atom. The van der Waals surface area contributed by atoms with Crippen molar-refractivity contribution in [2.75, 3.05) is 0 Å². The van der Waals surface area contributed by atoms with Crippen LogP contribution >= 0.6 is 0 Å². The molecule has 1 aromatic heterocycles. The fourth-order valence-corrected chi connectivity index (χ4v) is 1.52. The van der Waals surface area contributed by atoms with Crippen LogP contribution in [0, 0.1) is 0 Å². The summed E-state index contributed by atoms with van der Waals surface area (Å²) < 4.78 is 39.2. The second-order valence-electron chi connectivity index (χ2n) is 3.78. The summed E-state index contributed by atoms with van der Waals surface area (Å²) in [5.74, 6) is 0. The summed E-state index contributed by atoms with van der Waals surface area (Å²) in [5.41, 5.74) is 0.312. The zero-order chi connectivity index (χ0) is 13.2. The summed E-state index contributed by atoms with van der Waals surface area (Å²) in [6.45, 7) is 4.07. The molecule has 1 aromatic carbocycles. The molecule has 0 amide bonds. The molecule has 0 unspecified atom stereocenters. The van der Waals surface area contributed by atoms with Gasteiger partial charge in [-0.1, -0.05) is 18.7 Å². The van der Waals surface area contributed by atoms with Crippen molar-refractivity contribution in [3.05, 3.63) is 54.6 Å². The van der Waals surface area contributed by atoms with Gasteiger partial charge in [0.1, 0.15) is 12.7 Å². The lowest BCUT2D eigenvalue weighted by atomic mass is 10.0. The van der Waals surface area contributed by atoms with Crippen LogP contribution in [0.3, 0.4) is 0 Å². The van der Waals surface area contributed by atoms with Gasteiger partial charge in [-0.05, 0) is 23.3 Å². The Labute approximate surface area is 102 Å². The van der Waals surface area contributed by atoms with Crippen LogP contribution in [0.1, 0.15) is 11.1 Å². The average Bonchev–Trinajstić information content (AvgIpc) is 2.81. The van der Waals surface area contributed by atoms with Gasteiger partial charge in [0.05, 0.1) is 12.1 Å². The summed E-state index contributed by atoms with van der Waals surface area (Å²) in [6, 6.07) is 5.07. The third-order valence-corrected chi connectivity index (χ3v) is 2.42. The maximum absolute atomic E-state index is 12.6. The fourth-order valence-electron chi connectivity index (χ4n) is 1.52. The Bertz CT molecular complexity index is 544. The van der Waals surface area contributed by atoms with Crippen LogP contribution in [0.25, 0.3) is 5.57 Å². The summed E-state index contributed by atoms with van der Waals surface area (Å²) >= 11 is 0. The van der Waals surface area contributed by atoms with Gasteiger partial charge in [-0.15, -0.1) is 0 Å². The molecule has 0 radical (unpaired) electrons. The van der Waals surface area contributed by atoms with Crippen molar-refractivity contribution in [1.82, 2.24) is 14.8 Å². The van der Waals surface area contributed by atoms with Crippen LogP contribution in [-0.2, 0) is 12.7 Å². The van der Waals surface area contributed by atoms with Gasteiger partial charge in [0.2, 0.25) is 0 Å². The molecule has 18 heavy (non-hydrogen) atoms. The predicted molar refractivity (Wildman–Crippen MR) is 60.5 cm³/mol. The van der Waals surface area contributed by atoms with Crippen molar-refractivity contribution in [1.29, 1.82) is 0 Å². The number of alkyl halides is 3. The summed E-state index contributed by atoms with van der Waals surface area (Å²) in [4.78, 5) is 3.76. The number of allylic oxidation sites excluding steroid dienone is 1. The molecule has 0 saturated heterocycles. The first kappa shape index (κ1) is 12.3. The van der Waals surface area contributed by atoms with Crippen LogP contribution in [0.15, 0.2) is 43.5 Å². The van der Waals surface area contributed by atoms with Gasteiger partial charge in [-0.25, -0.2) is 9.67 Å². The van der Waals surface area contributed by atoms with Gasteiger partial charge >= 0.3 is 6.18 Å². The van der Waals surface area contributed by atoms with E-state index >= 15 is 0 Å². The molecule has 94 valence electrons. The van der Waals surface area contributed by atoms with Crippen LogP contribution < -0.4 is 0 Å². The molecule has 0 fully saturated rings. The monoisotopic (exact) mass is 253 g/mol. The van der Waals surface area contributed by atoms with Crippen molar-refractivity contribution < 1.29 is 13.2 Å². The summed E-state index contributed by atoms with van der Waals surface area (Å²) in [5, 5.41) is 3.88.